The minimum absolute atomic E-state index is 0.156. The van der Waals surface area contributed by atoms with E-state index >= 15 is 0 Å². The Labute approximate surface area is 120 Å². The number of rotatable bonds is 4. The summed E-state index contributed by atoms with van der Waals surface area (Å²) in [5, 5.41) is 0. The molecule has 2 rings (SSSR count). The SMILES string of the molecule is CCC(C)(C)c1ccc(C(C)(C)CC)c2nsnc12. The van der Waals surface area contributed by atoms with Crippen LogP contribution in [-0.2, 0) is 10.8 Å². The summed E-state index contributed by atoms with van der Waals surface area (Å²) in [5.41, 5.74) is 5.18. The second-order valence-electron chi connectivity index (χ2n) is 6.60. The van der Waals surface area contributed by atoms with E-state index in [0.717, 1.165) is 23.9 Å². The summed E-state index contributed by atoms with van der Waals surface area (Å²) in [6.45, 7) is 13.6. The van der Waals surface area contributed by atoms with Crippen LogP contribution in [0.15, 0.2) is 12.1 Å². The first-order valence-corrected chi connectivity index (χ1v) is 7.82. The fourth-order valence-corrected chi connectivity index (χ4v) is 2.91. The van der Waals surface area contributed by atoms with Gasteiger partial charge in [-0.1, -0.05) is 53.7 Å². The van der Waals surface area contributed by atoms with Gasteiger partial charge in [0.05, 0.1) is 11.7 Å². The molecule has 0 radical (unpaired) electrons. The summed E-state index contributed by atoms with van der Waals surface area (Å²) >= 11 is 1.33. The Balaban J connectivity index is 2.70. The van der Waals surface area contributed by atoms with Crippen LogP contribution in [0.5, 0.6) is 0 Å². The molecule has 2 aromatic rings. The van der Waals surface area contributed by atoms with E-state index in [1.807, 2.05) is 0 Å². The maximum atomic E-state index is 4.57. The van der Waals surface area contributed by atoms with Gasteiger partial charge in [0.1, 0.15) is 11.0 Å². The highest BCUT2D eigenvalue weighted by Crippen LogP contribution is 2.38. The first kappa shape index (κ1) is 14.4. The Morgan fingerprint density at radius 1 is 0.842 bits per heavy atom. The molecule has 0 saturated heterocycles. The van der Waals surface area contributed by atoms with Crippen LogP contribution in [0.2, 0.25) is 0 Å². The molecule has 1 aromatic carbocycles. The third kappa shape index (κ3) is 2.40. The molecule has 0 N–H and O–H groups in total. The lowest BCUT2D eigenvalue weighted by atomic mass is 9.77. The molecule has 0 spiro atoms. The zero-order chi connectivity index (χ0) is 14.3. The summed E-state index contributed by atoms with van der Waals surface area (Å²) in [7, 11) is 0. The van der Waals surface area contributed by atoms with Crippen molar-refractivity contribution in [3.8, 4) is 0 Å². The van der Waals surface area contributed by atoms with Gasteiger partial charge >= 0.3 is 0 Å². The van der Waals surface area contributed by atoms with Gasteiger partial charge in [-0.15, -0.1) is 0 Å². The van der Waals surface area contributed by atoms with Gasteiger partial charge in [-0.2, -0.15) is 8.75 Å². The Morgan fingerprint density at radius 3 is 1.53 bits per heavy atom. The normalized spacial score (nSPS) is 13.2. The van der Waals surface area contributed by atoms with Gasteiger partial charge < -0.3 is 0 Å². The van der Waals surface area contributed by atoms with Crippen molar-refractivity contribution in [3.05, 3.63) is 23.3 Å². The highest BCUT2D eigenvalue weighted by atomic mass is 32.1. The number of benzene rings is 1. The van der Waals surface area contributed by atoms with Crippen LogP contribution in [0.4, 0.5) is 0 Å². The predicted molar refractivity (Wildman–Crippen MR) is 84.0 cm³/mol. The zero-order valence-electron chi connectivity index (χ0n) is 12.9. The fourth-order valence-electron chi connectivity index (χ4n) is 2.34. The largest absolute Gasteiger partial charge is 0.173 e. The molecule has 0 fully saturated rings. The van der Waals surface area contributed by atoms with E-state index in [1.54, 1.807) is 0 Å². The molecule has 1 aromatic heterocycles. The average Bonchev–Trinajstić information content (AvgIpc) is 2.86. The summed E-state index contributed by atoms with van der Waals surface area (Å²) in [4.78, 5) is 0. The zero-order valence-corrected chi connectivity index (χ0v) is 13.7. The highest BCUT2D eigenvalue weighted by molar-refractivity contribution is 7.00. The molecule has 0 amide bonds. The number of nitrogens with zero attached hydrogens (tertiary/aromatic N) is 2. The van der Waals surface area contributed by atoms with Crippen LogP contribution in [0, 0.1) is 0 Å². The van der Waals surface area contributed by atoms with Gasteiger partial charge in [-0.3, -0.25) is 0 Å². The summed E-state index contributed by atoms with van der Waals surface area (Å²) in [6.07, 6.45) is 2.21. The highest BCUT2D eigenvalue weighted by Gasteiger charge is 2.27. The van der Waals surface area contributed by atoms with E-state index in [0.29, 0.717) is 0 Å². The Morgan fingerprint density at radius 2 is 1.21 bits per heavy atom. The predicted octanol–water partition coefficient (Wildman–Crippen LogP) is 5.07. The maximum absolute atomic E-state index is 4.57. The second kappa shape index (κ2) is 4.86. The third-order valence-corrected chi connectivity index (χ3v) is 5.17. The molecular weight excluding hydrogens is 252 g/mol. The molecule has 0 aliphatic rings. The maximum Gasteiger partial charge on any atom is 0.108 e. The fraction of sp³-hybridized carbons (Fsp3) is 0.625. The Hall–Kier alpha value is -0.960. The van der Waals surface area contributed by atoms with E-state index < -0.39 is 0 Å². The van der Waals surface area contributed by atoms with Crippen LogP contribution in [0.3, 0.4) is 0 Å². The molecular formula is C16H24N2S. The monoisotopic (exact) mass is 276 g/mol. The standard InChI is InChI=1S/C16H24N2S/c1-7-15(3,4)11-9-10-12(16(5,6)8-2)14-13(11)17-19-18-14/h9-10H,7-8H2,1-6H3. The van der Waals surface area contributed by atoms with E-state index in [2.05, 4.69) is 62.4 Å². The van der Waals surface area contributed by atoms with Crippen LogP contribution in [0.1, 0.15) is 65.5 Å². The third-order valence-electron chi connectivity index (χ3n) is 4.64. The summed E-state index contributed by atoms with van der Waals surface area (Å²) in [6, 6.07) is 4.53. The number of aromatic nitrogens is 2. The molecule has 1 heterocycles. The van der Waals surface area contributed by atoms with Crippen molar-refractivity contribution in [3.63, 3.8) is 0 Å². The smallest absolute Gasteiger partial charge is 0.108 e. The van der Waals surface area contributed by atoms with Crippen LogP contribution >= 0.6 is 11.7 Å². The molecule has 0 bridgehead atoms. The molecule has 3 heteroatoms. The minimum atomic E-state index is 0.156. The van der Waals surface area contributed by atoms with Crippen LogP contribution in [-0.4, -0.2) is 8.75 Å². The van der Waals surface area contributed by atoms with E-state index in [4.69, 9.17) is 0 Å². The lowest BCUT2D eigenvalue weighted by molar-refractivity contribution is 0.501. The molecule has 19 heavy (non-hydrogen) atoms. The number of hydrogen-bond donors (Lipinski definition) is 0. The molecule has 104 valence electrons. The first-order chi connectivity index (χ1) is 8.83. The Bertz CT molecular complexity index is 531. The van der Waals surface area contributed by atoms with E-state index in [1.165, 1.54) is 22.9 Å². The Kier molecular flexibility index (Phi) is 3.69. The van der Waals surface area contributed by atoms with Crippen molar-refractivity contribution in [1.29, 1.82) is 0 Å². The lowest BCUT2D eigenvalue weighted by Crippen LogP contribution is -2.19. The number of fused-ring (bicyclic) bond motifs is 1. The van der Waals surface area contributed by atoms with Crippen molar-refractivity contribution in [2.45, 2.75) is 65.2 Å². The topological polar surface area (TPSA) is 25.8 Å². The summed E-state index contributed by atoms with van der Waals surface area (Å²) in [5.74, 6) is 0. The lowest BCUT2D eigenvalue weighted by Gasteiger charge is -2.27. The quantitative estimate of drug-likeness (QED) is 0.779. The summed E-state index contributed by atoms with van der Waals surface area (Å²) < 4.78 is 9.14. The average molecular weight is 276 g/mol. The molecule has 0 unspecified atom stereocenters. The van der Waals surface area contributed by atoms with Crippen molar-refractivity contribution in [2.75, 3.05) is 0 Å². The van der Waals surface area contributed by atoms with Crippen molar-refractivity contribution >= 4 is 22.8 Å². The number of hydrogen-bond acceptors (Lipinski definition) is 3. The minimum Gasteiger partial charge on any atom is -0.173 e. The van der Waals surface area contributed by atoms with Crippen LogP contribution < -0.4 is 0 Å². The molecule has 0 atom stereocenters. The molecule has 0 aliphatic heterocycles. The van der Waals surface area contributed by atoms with Gasteiger partial charge in [0.15, 0.2) is 0 Å². The van der Waals surface area contributed by atoms with Crippen molar-refractivity contribution in [1.82, 2.24) is 8.75 Å². The van der Waals surface area contributed by atoms with E-state index in [-0.39, 0.29) is 10.8 Å². The molecule has 0 saturated carbocycles. The first-order valence-electron chi connectivity index (χ1n) is 7.09. The second-order valence-corrected chi connectivity index (χ2v) is 7.13. The van der Waals surface area contributed by atoms with Gasteiger partial charge in [0, 0.05) is 0 Å². The van der Waals surface area contributed by atoms with Gasteiger partial charge in [-0.25, -0.2) is 0 Å². The molecule has 0 aliphatic carbocycles. The van der Waals surface area contributed by atoms with Crippen molar-refractivity contribution < 1.29 is 0 Å². The van der Waals surface area contributed by atoms with E-state index in [9.17, 15) is 0 Å². The van der Waals surface area contributed by atoms with Crippen molar-refractivity contribution in [2.24, 2.45) is 0 Å². The van der Waals surface area contributed by atoms with Gasteiger partial charge in [-0.05, 0) is 34.8 Å². The van der Waals surface area contributed by atoms with Gasteiger partial charge in [0.25, 0.3) is 0 Å². The molecule has 2 nitrogen and oxygen atoms in total. The van der Waals surface area contributed by atoms with Crippen LogP contribution in [0.25, 0.3) is 11.0 Å². The van der Waals surface area contributed by atoms with Gasteiger partial charge in [0.2, 0.25) is 0 Å².